The molecule has 1 aromatic rings. The Bertz CT molecular complexity index is 378. The highest BCUT2D eigenvalue weighted by Crippen LogP contribution is 2.11. The third-order valence-corrected chi connectivity index (χ3v) is 3.44. The van der Waals surface area contributed by atoms with Crippen molar-refractivity contribution in [3.05, 3.63) is 42.7 Å². The number of para-hydroxylation sites is 1. The maximum Gasteiger partial charge on any atom is 0.110 e. The summed E-state index contributed by atoms with van der Waals surface area (Å²) < 4.78 is 5.52. The smallest absolute Gasteiger partial charge is 0.110 e. The van der Waals surface area contributed by atoms with Crippen LogP contribution in [-0.2, 0) is 4.74 Å². The molecule has 1 N–H and O–H groups in total. The molecule has 0 amide bonds. The first-order valence-corrected chi connectivity index (χ1v) is 7.13. The van der Waals surface area contributed by atoms with E-state index >= 15 is 0 Å². The monoisotopic (exact) mass is 260 g/mol. The Morgan fingerprint density at radius 2 is 2.16 bits per heavy atom. The summed E-state index contributed by atoms with van der Waals surface area (Å²) in [5.41, 5.74) is 1.28. The molecule has 1 aliphatic heterocycles. The van der Waals surface area contributed by atoms with E-state index < -0.39 is 0 Å². The van der Waals surface area contributed by atoms with Crippen molar-refractivity contribution >= 4 is 5.69 Å². The zero-order chi connectivity index (χ0) is 13.3. The number of rotatable bonds is 7. The van der Waals surface area contributed by atoms with Gasteiger partial charge in [-0.25, -0.2) is 0 Å². The van der Waals surface area contributed by atoms with E-state index in [0.29, 0.717) is 6.10 Å². The van der Waals surface area contributed by atoms with Gasteiger partial charge in [0.2, 0.25) is 0 Å². The first-order valence-electron chi connectivity index (χ1n) is 7.13. The fourth-order valence-electron chi connectivity index (χ4n) is 2.25. The van der Waals surface area contributed by atoms with Crippen LogP contribution < -0.4 is 10.2 Å². The summed E-state index contributed by atoms with van der Waals surface area (Å²) in [5, 5.41) is 3.48. The number of nitrogens with zero attached hydrogens (tertiary/aromatic N) is 1. The summed E-state index contributed by atoms with van der Waals surface area (Å²) in [4.78, 5) is 2.29. The second-order valence-electron chi connectivity index (χ2n) is 5.02. The van der Waals surface area contributed by atoms with Crippen LogP contribution in [0.3, 0.4) is 0 Å². The van der Waals surface area contributed by atoms with Gasteiger partial charge in [-0.15, -0.1) is 0 Å². The molecule has 0 fully saturated rings. The van der Waals surface area contributed by atoms with Gasteiger partial charge in [0.1, 0.15) is 6.10 Å². The Labute approximate surface area is 116 Å². The molecule has 0 bridgehead atoms. The lowest BCUT2D eigenvalue weighted by Crippen LogP contribution is -2.31. The molecule has 0 radical (unpaired) electrons. The average molecular weight is 260 g/mol. The van der Waals surface area contributed by atoms with Gasteiger partial charge < -0.3 is 15.0 Å². The molecule has 0 saturated carbocycles. The topological polar surface area (TPSA) is 24.5 Å². The number of hydrogen-bond donors (Lipinski definition) is 1. The van der Waals surface area contributed by atoms with Crippen molar-refractivity contribution < 1.29 is 4.74 Å². The van der Waals surface area contributed by atoms with E-state index in [-0.39, 0.29) is 0 Å². The second-order valence-corrected chi connectivity index (χ2v) is 5.02. The summed E-state index contributed by atoms with van der Waals surface area (Å²) in [5.74, 6) is 0. The zero-order valence-electron chi connectivity index (χ0n) is 11.7. The largest absolute Gasteiger partial charge is 0.497 e. The van der Waals surface area contributed by atoms with Crippen molar-refractivity contribution in [3.63, 3.8) is 0 Å². The Kier molecular flexibility index (Phi) is 5.76. The molecule has 1 unspecified atom stereocenters. The molecule has 104 valence electrons. The van der Waals surface area contributed by atoms with E-state index in [1.54, 1.807) is 0 Å². The van der Waals surface area contributed by atoms with Gasteiger partial charge in [-0.3, -0.25) is 0 Å². The van der Waals surface area contributed by atoms with E-state index in [2.05, 4.69) is 53.7 Å². The van der Waals surface area contributed by atoms with Crippen LogP contribution in [0.5, 0.6) is 0 Å². The Balaban J connectivity index is 1.55. The maximum atomic E-state index is 5.52. The quantitative estimate of drug-likeness (QED) is 0.763. The third-order valence-electron chi connectivity index (χ3n) is 3.44. The minimum atomic E-state index is 0.358. The average Bonchev–Trinajstić information content (AvgIpc) is 2.49. The minimum Gasteiger partial charge on any atom is -0.497 e. The lowest BCUT2D eigenvalue weighted by atomic mass is 10.1. The number of nitrogens with one attached hydrogen (secondary N) is 1. The highest BCUT2D eigenvalue weighted by atomic mass is 16.5. The molecule has 1 heterocycles. The molecule has 1 aliphatic rings. The van der Waals surface area contributed by atoms with Crippen LogP contribution in [0, 0.1) is 0 Å². The summed E-state index contributed by atoms with van der Waals surface area (Å²) in [6.07, 6.45) is 7.70. The van der Waals surface area contributed by atoms with Crippen molar-refractivity contribution in [2.24, 2.45) is 0 Å². The Hall–Kier alpha value is -1.48. The maximum absolute atomic E-state index is 5.52. The van der Waals surface area contributed by atoms with Crippen molar-refractivity contribution in [2.75, 3.05) is 31.6 Å². The molecule has 0 saturated heterocycles. The van der Waals surface area contributed by atoms with Crippen molar-refractivity contribution in [3.8, 4) is 0 Å². The number of allylic oxidation sites excluding steroid dienone is 1. The molecule has 3 heteroatoms. The first-order chi connectivity index (χ1) is 9.36. The fourth-order valence-corrected chi connectivity index (χ4v) is 2.25. The van der Waals surface area contributed by atoms with Crippen LogP contribution >= 0.6 is 0 Å². The van der Waals surface area contributed by atoms with Gasteiger partial charge in [-0.2, -0.15) is 0 Å². The van der Waals surface area contributed by atoms with E-state index in [1.807, 2.05) is 6.26 Å². The van der Waals surface area contributed by atoms with Gasteiger partial charge in [-0.1, -0.05) is 18.2 Å². The standard InChI is InChI=1S/C16H24N2O/c1-18(15-8-3-2-4-9-15)12-7-11-17-14-16-10-5-6-13-19-16/h2-4,6,8-9,13,16-17H,5,7,10-12,14H2,1H3. The molecule has 0 aromatic heterocycles. The molecular formula is C16H24N2O. The summed E-state index contributed by atoms with van der Waals surface area (Å²) in [7, 11) is 2.14. The van der Waals surface area contributed by atoms with Crippen molar-refractivity contribution in [2.45, 2.75) is 25.4 Å². The van der Waals surface area contributed by atoms with E-state index in [1.165, 1.54) is 5.69 Å². The molecule has 19 heavy (non-hydrogen) atoms. The van der Waals surface area contributed by atoms with Gasteiger partial charge in [-0.05, 0) is 44.0 Å². The molecule has 2 rings (SSSR count). The number of hydrogen-bond acceptors (Lipinski definition) is 3. The molecule has 1 atom stereocenters. The highest BCUT2D eigenvalue weighted by Gasteiger charge is 2.09. The Morgan fingerprint density at radius 1 is 1.32 bits per heavy atom. The van der Waals surface area contributed by atoms with E-state index in [9.17, 15) is 0 Å². The van der Waals surface area contributed by atoms with E-state index in [0.717, 1.165) is 38.9 Å². The van der Waals surface area contributed by atoms with Gasteiger partial charge >= 0.3 is 0 Å². The normalized spacial score (nSPS) is 18.1. The number of benzene rings is 1. The van der Waals surface area contributed by atoms with Gasteiger partial charge in [0.25, 0.3) is 0 Å². The molecule has 1 aromatic carbocycles. The molecule has 0 spiro atoms. The fraction of sp³-hybridized carbons (Fsp3) is 0.500. The van der Waals surface area contributed by atoms with Crippen LogP contribution in [0.15, 0.2) is 42.7 Å². The third kappa shape index (κ3) is 4.95. The van der Waals surface area contributed by atoms with Crippen LogP contribution in [0.1, 0.15) is 19.3 Å². The molecule has 3 nitrogen and oxygen atoms in total. The van der Waals surface area contributed by atoms with Gasteiger partial charge in [0.15, 0.2) is 0 Å². The van der Waals surface area contributed by atoms with E-state index in [4.69, 9.17) is 4.74 Å². The lowest BCUT2D eigenvalue weighted by Gasteiger charge is -2.21. The van der Waals surface area contributed by atoms with Crippen LogP contribution in [-0.4, -0.2) is 32.8 Å². The second kappa shape index (κ2) is 7.85. The predicted octanol–water partition coefficient (Wildman–Crippen LogP) is 2.80. The van der Waals surface area contributed by atoms with Crippen LogP contribution in [0.2, 0.25) is 0 Å². The lowest BCUT2D eigenvalue weighted by molar-refractivity contribution is 0.122. The molecular weight excluding hydrogens is 236 g/mol. The highest BCUT2D eigenvalue weighted by molar-refractivity contribution is 5.44. The zero-order valence-corrected chi connectivity index (χ0v) is 11.7. The van der Waals surface area contributed by atoms with Crippen LogP contribution in [0.25, 0.3) is 0 Å². The number of ether oxygens (including phenoxy) is 1. The van der Waals surface area contributed by atoms with Gasteiger partial charge in [0.05, 0.1) is 6.26 Å². The minimum absolute atomic E-state index is 0.358. The van der Waals surface area contributed by atoms with Crippen molar-refractivity contribution in [1.82, 2.24) is 5.32 Å². The first kappa shape index (κ1) is 13.9. The summed E-state index contributed by atoms with van der Waals surface area (Å²) >= 11 is 0. The number of anilines is 1. The summed E-state index contributed by atoms with van der Waals surface area (Å²) in [6, 6.07) is 10.5. The molecule has 0 aliphatic carbocycles. The predicted molar refractivity (Wildman–Crippen MR) is 80.4 cm³/mol. The van der Waals surface area contributed by atoms with Crippen LogP contribution in [0.4, 0.5) is 5.69 Å². The summed E-state index contributed by atoms with van der Waals surface area (Å²) in [6.45, 7) is 3.07. The Morgan fingerprint density at radius 3 is 2.89 bits per heavy atom. The van der Waals surface area contributed by atoms with Crippen molar-refractivity contribution in [1.29, 1.82) is 0 Å². The SMILES string of the molecule is CN(CCCNCC1CCC=CO1)c1ccccc1. The van der Waals surface area contributed by atoms with Gasteiger partial charge in [0, 0.05) is 25.8 Å².